The summed E-state index contributed by atoms with van der Waals surface area (Å²) in [5.41, 5.74) is 4.23. The van der Waals surface area contributed by atoms with Crippen molar-refractivity contribution in [1.82, 2.24) is 15.0 Å². The second-order valence-electron chi connectivity index (χ2n) is 4.34. The third kappa shape index (κ3) is 2.33. The van der Waals surface area contributed by atoms with Gasteiger partial charge in [-0.2, -0.15) is 0 Å². The van der Waals surface area contributed by atoms with Gasteiger partial charge in [0.2, 0.25) is 0 Å². The van der Waals surface area contributed by atoms with E-state index in [0.717, 1.165) is 10.6 Å². The van der Waals surface area contributed by atoms with Crippen LogP contribution >= 0.6 is 11.3 Å². The SMILES string of the molecule is Cc1ncsc1/C=C/C(=O)c1ccc2[nH]c(=O)[nH]c2c1. The first kappa shape index (κ1) is 12.6. The molecule has 0 aliphatic rings. The highest BCUT2D eigenvalue weighted by molar-refractivity contribution is 7.10. The lowest BCUT2D eigenvalue weighted by Crippen LogP contribution is -1.99. The minimum atomic E-state index is -0.277. The van der Waals surface area contributed by atoms with Crippen molar-refractivity contribution in [2.75, 3.05) is 0 Å². The summed E-state index contributed by atoms with van der Waals surface area (Å²) in [6, 6.07) is 5.07. The third-order valence-electron chi connectivity index (χ3n) is 2.97. The van der Waals surface area contributed by atoms with E-state index in [0.29, 0.717) is 16.6 Å². The van der Waals surface area contributed by atoms with Crippen LogP contribution in [0.4, 0.5) is 0 Å². The lowest BCUT2D eigenvalue weighted by molar-refractivity contribution is 0.104. The number of carbonyl (C=O) groups is 1. The Hall–Kier alpha value is -2.47. The van der Waals surface area contributed by atoms with Crippen molar-refractivity contribution in [3.63, 3.8) is 0 Å². The summed E-state index contributed by atoms with van der Waals surface area (Å²) < 4.78 is 0. The van der Waals surface area contributed by atoms with Crippen LogP contribution in [0.5, 0.6) is 0 Å². The quantitative estimate of drug-likeness (QED) is 0.573. The fourth-order valence-corrected chi connectivity index (χ4v) is 2.60. The Balaban J connectivity index is 1.90. The van der Waals surface area contributed by atoms with Gasteiger partial charge in [0.05, 0.1) is 22.2 Å². The molecule has 0 aliphatic carbocycles. The molecule has 3 rings (SSSR count). The standard InChI is InChI=1S/C14H11N3O2S/c1-8-13(20-7-15-8)5-4-12(18)9-2-3-10-11(6-9)17-14(19)16-10/h2-7H,1H3,(H2,16,17,19)/b5-4+. The van der Waals surface area contributed by atoms with Gasteiger partial charge in [0.15, 0.2) is 5.78 Å². The molecule has 0 atom stereocenters. The maximum Gasteiger partial charge on any atom is 0.323 e. The maximum atomic E-state index is 12.1. The Kier molecular flexibility index (Phi) is 3.08. The molecule has 0 spiro atoms. The third-order valence-corrected chi connectivity index (χ3v) is 3.87. The summed E-state index contributed by atoms with van der Waals surface area (Å²) in [5, 5.41) is 0. The van der Waals surface area contributed by atoms with Gasteiger partial charge >= 0.3 is 5.69 Å². The number of rotatable bonds is 3. The number of fused-ring (bicyclic) bond motifs is 1. The molecule has 0 saturated carbocycles. The van der Waals surface area contributed by atoms with E-state index in [4.69, 9.17) is 0 Å². The second kappa shape index (κ2) is 4.90. The van der Waals surface area contributed by atoms with E-state index in [2.05, 4.69) is 15.0 Å². The molecule has 2 N–H and O–H groups in total. The van der Waals surface area contributed by atoms with Crippen LogP contribution < -0.4 is 5.69 Å². The summed E-state index contributed by atoms with van der Waals surface area (Å²) in [6.07, 6.45) is 3.28. The van der Waals surface area contributed by atoms with Gasteiger partial charge in [-0.3, -0.25) is 4.79 Å². The monoisotopic (exact) mass is 285 g/mol. The molecule has 20 heavy (non-hydrogen) atoms. The Morgan fingerprint density at radius 1 is 1.30 bits per heavy atom. The van der Waals surface area contributed by atoms with Crippen molar-refractivity contribution in [3.8, 4) is 0 Å². The lowest BCUT2D eigenvalue weighted by atomic mass is 10.1. The molecule has 6 heteroatoms. The van der Waals surface area contributed by atoms with Gasteiger partial charge in [-0.15, -0.1) is 11.3 Å². The predicted molar refractivity (Wildman–Crippen MR) is 79.1 cm³/mol. The van der Waals surface area contributed by atoms with Crippen LogP contribution in [0.2, 0.25) is 0 Å². The lowest BCUT2D eigenvalue weighted by Gasteiger charge is -1.96. The molecule has 0 radical (unpaired) electrons. The van der Waals surface area contributed by atoms with Gasteiger partial charge in [0, 0.05) is 10.4 Å². The number of nitrogens with one attached hydrogen (secondary N) is 2. The predicted octanol–water partition coefficient (Wildman–Crippen LogP) is 2.52. The molecule has 0 aliphatic heterocycles. The summed E-state index contributed by atoms with van der Waals surface area (Å²) in [4.78, 5) is 33.6. The number of aryl methyl sites for hydroxylation is 1. The number of benzene rings is 1. The van der Waals surface area contributed by atoms with Crippen molar-refractivity contribution in [1.29, 1.82) is 0 Å². The Morgan fingerprint density at radius 3 is 2.85 bits per heavy atom. The minimum Gasteiger partial charge on any atom is -0.306 e. The van der Waals surface area contributed by atoms with Gasteiger partial charge in [0.25, 0.3) is 0 Å². The van der Waals surface area contributed by atoms with Crippen molar-refractivity contribution in [3.05, 3.63) is 56.4 Å². The van der Waals surface area contributed by atoms with Crippen molar-refractivity contribution >= 4 is 34.2 Å². The van der Waals surface area contributed by atoms with E-state index in [1.807, 2.05) is 6.92 Å². The number of H-pyrrole nitrogens is 2. The van der Waals surface area contributed by atoms with Crippen molar-refractivity contribution < 1.29 is 4.79 Å². The zero-order valence-electron chi connectivity index (χ0n) is 10.6. The van der Waals surface area contributed by atoms with Crippen molar-refractivity contribution in [2.45, 2.75) is 6.92 Å². The van der Waals surface area contributed by atoms with Gasteiger partial charge in [0.1, 0.15) is 0 Å². The molecular weight excluding hydrogens is 274 g/mol. The van der Waals surface area contributed by atoms with Gasteiger partial charge in [-0.25, -0.2) is 9.78 Å². The molecule has 3 aromatic rings. The Morgan fingerprint density at radius 2 is 2.10 bits per heavy atom. The molecule has 0 fully saturated rings. The molecule has 2 heterocycles. The number of imidazole rings is 1. The molecular formula is C14H11N3O2S. The maximum absolute atomic E-state index is 12.1. The highest BCUT2D eigenvalue weighted by atomic mass is 32.1. The average molecular weight is 285 g/mol. The van der Waals surface area contributed by atoms with Crippen LogP contribution in [-0.2, 0) is 0 Å². The average Bonchev–Trinajstić information content (AvgIpc) is 2.99. The van der Waals surface area contributed by atoms with Crippen LogP contribution in [0.15, 0.2) is 34.6 Å². The number of hydrogen-bond acceptors (Lipinski definition) is 4. The van der Waals surface area contributed by atoms with E-state index in [1.165, 1.54) is 17.4 Å². The van der Waals surface area contributed by atoms with Crippen LogP contribution in [0.25, 0.3) is 17.1 Å². The zero-order valence-corrected chi connectivity index (χ0v) is 11.5. The number of nitrogens with zero attached hydrogens (tertiary/aromatic N) is 1. The molecule has 0 amide bonds. The van der Waals surface area contributed by atoms with E-state index < -0.39 is 0 Å². The first-order valence-corrected chi connectivity index (χ1v) is 6.86. The Labute approximate surface area is 118 Å². The number of aromatic amines is 2. The van der Waals surface area contributed by atoms with E-state index >= 15 is 0 Å². The largest absolute Gasteiger partial charge is 0.323 e. The smallest absolute Gasteiger partial charge is 0.306 e. The normalized spacial score (nSPS) is 11.4. The number of allylic oxidation sites excluding steroid dienone is 1. The Bertz CT molecular complexity index is 870. The van der Waals surface area contributed by atoms with Gasteiger partial charge in [-0.1, -0.05) is 0 Å². The molecule has 100 valence electrons. The summed E-state index contributed by atoms with van der Waals surface area (Å²) in [7, 11) is 0. The minimum absolute atomic E-state index is 0.109. The van der Waals surface area contributed by atoms with Gasteiger partial charge < -0.3 is 9.97 Å². The summed E-state index contributed by atoms with van der Waals surface area (Å²) in [5.74, 6) is -0.109. The van der Waals surface area contributed by atoms with Crippen LogP contribution in [0.1, 0.15) is 20.9 Å². The fraction of sp³-hybridized carbons (Fsp3) is 0.0714. The number of aromatic nitrogens is 3. The highest BCUT2D eigenvalue weighted by Gasteiger charge is 2.05. The van der Waals surface area contributed by atoms with Crippen LogP contribution in [0, 0.1) is 6.92 Å². The fourth-order valence-electron chi connectivity index (χ4n) is 1.90. The number of hydrogen-bond donors (Lipinski definition) is 2. The summed E-state index contributed by atoms with van der Waals surface area (Å²) in [6.45, 7) is 1.90. The molecule has 0 unspecified atom stereocenters. The first-order chi connectivity index (χ1) is 9.63. The van der Waals surface area contributed by atoms with Crippen LogP contribution in [0.3, 0.4) is 0 Å². The molecule has 1 aromatic carbocycles. The highest BCUT2D eigenvalue weighted by Crippen LogP contribution is 2.15. The van der Waals surface area contributed by atoms with Crippen LogP contribution in [-0.4, -0.2) is 20.7 Å². The molecule has 2 aromatic heterocycles. The first-order valence-electron chi connectivity index (χ1n) is 5.98. The molecule has 0 saturated heterocycles. The van der Waals surface area contributed by atoms with E-state index in [9.17, 15) is 9.59 Å². The molecule has 0 bridgehead atoms. The topological polar surface area (TPSA) is 78.6 Å². The molecule has 5 nitrogen and oxygen atoms in total. The number of carbonyl (C=O) groups excluding carboxylic acids is 1. The van der Waals surface area contributed by atoms with E-state index in [1.54, 1.807) is 29.8 Å². The number of thiazole rings is 1. The number of ketones is 1. The van der Waals surface area contributed by atoms with Gasteiger partial charge in [-0.05, 0) is 37.3 Å². The second-order valence-corrected chi connectivity index (χ2v) is 5.23. The van der Waals surface area contributed by atoms with E-state index in [-0.39, 0.29) is 11.5 Å². The van der Waals surface area contributed by atoms with Crippen molar-refractivity contribution in [2.24, 2.45) is 0 Å². The summed E-state index contributed by atoms with van der Waals surface area (Å²) >= 11 is 1.49. The zero-order chi connectivity index (χ0) is 14.1.